The molecule has 11 heavy (non-hydrogen) atoms. The van der Waals surface area contributed by atoms with Gasteiger partial charge in [-0.1, -0.05) is 0 Å². The number of aliphatic hydroxyl groups excluding tert-OH is 2. The van der Waals surface area contributed by atoms with E-state index in [4.69, 9.17) is 9.84 Å². The van der Waals surface area contributed by atoms with Crippen LogP contribution in [0.4, 0.5) is 0 Å². The van der Waals surface area contributed by atoms with Crippen LogP contribution in [0.25, 0.3) is 0 Å². The summed E-state index contributed by atoms with van der Waals surface area (Å²) >= 11 is 0. The van der Waals surface area contributed by atoms with Crippen LogP contribution in [0.15, 0.2) is 0 Å². The summed E-state index contributed by atoms with van der Waals surface area (Å²) in [7, 11) is 1.67. The van der Waals surface area contributed by atoms with Gasteiger partial charge in [-0.05, 0) is 6.92 Å². The van der Waals surface area contributed by atoms with E-state index < -0.39 is 23.8 Å². The van der Waals surface area contributed by atoms with Gasteiger partial charge in [-0.2, -0.15) is 0 Å². The van der Waals surface area contributed by atoms with Crippen molar-refractivity contribution in [2.24, 2.45) is 0 Å². The Morgan fingerprint density at radius 3 is 2.36 bits per heavy atom. The minimum absolute atomic E-state index is 0.262. The van der Waals surface area contributed by atoms with Crippen molar-refractivity contribution < 1.29 is 20.1 Å². The highest BCUT2D eigenvalue weighted by molar-refractivity contribution is 6.12. The summed E-state index contributed by atoms with van der Waals surface area (Å²) in [5.41, 5.74) is -1.24. The maximum Gasteiger partial charge on any atom is 0.143 e. The van der Waals surface area contributed by atoms with E-state index in [2.05, 4.69) is 0 Å². The highest BCUT2D eigenvalue weighted by Crippen LogP contribution is 2.28. The zero-order chi connectivity index (χ0) is 8.65. The Morgan fingerprint density at radius 2 is 2.18 bits per heavy atom. The Labute approximate surface area is 66.2 Å². The van der Waals surface area contributed by atoms with Crippen LogP contribution in [0.3, 0.4) is 0 Å². The summed E-state index contributed by atoms with van der Waals surface area (Å²) in [6.45, 7) is 1.24. The normalized spacial score (nSPS) is 51.5. The minimum atomic E-state index is -1.24. The van der Waals surface area contributed by atoms with Gasteiger partial charge in [0.1, 0.15) is 25.7 Å². The van der Waals surface area contributed by atoms with Crippen LogP contribution in [0, 0.1) is 0 Å². The minimum Gasteiger partial charge on any atom is -0.394 e. The van der Waals surface area contributed by atoms with Gasteiger partial charge < -0.3 is 20.1 Å². The molecule has 0 aliphatic carbocycles. The maximum atomic E-state index is 9.55. The van der Waals surface area contributed by atoms with E-state index >= 15 is 0 Å². The van der Waals surface area contributed by atoms with E-state index in [9.17, 15) is 10.2 Å². The lowest BCUT2D eigenvalue weighted by Crippen LogP contribution is -2.45. The summed E-state index contributed by atoms with van der Waals surface area (Å²) in [5, 5.41) is 27.6. The summed E-state index contributed by atoms with van der Waals surface area (Å²) in [5.74, 6) is 0. The summed E-state index contributed by atoms with van der Waals surface area (Å²) < 4.78 is 5.09. The molecule has 0 spiro atoms. The second-order valence-electron chi connectivity index (χ2n) is 3.17. The quantitative estimate of drug-likeness (QED) is 0.369. The molecule has 1 aliphatic heterocycles. The molecule has 3 N–H and O–H groups in total. The highest BCUT2D eigenvalue weighted by Gasteiger charge is 2.48. The van der Waals surface area contributed by atoms with Gasteiger partial charge in [-0.15, -0.1) is 0 Å². The van der Waals surface area contributed by atoms with Gasteiger partial charge in [0, 0.05) is 0 Å². The molecular formula is C6H13BO4. The molecule has 1 unspecified atom stereocenters. The van der Waals surface area contributed by atoms with Crippen molar-refractivity contribution in [1.82, 2.24) is 0 Å². The fourth-order valence-corrected chi connectivity index (χ4v) is 1.23. The molecule has 1 heterocycles. The predicted octanol–water partition coefficient (Wildman–Crippen LogP) is -2.55. The number of hydrogen-bond donors (Lipinski definition) is 3. The second-order valence-corrected chi connectivity index (χ2v) is 3.17. The third kappa shape index (κ3) is 1.29. The van der Waals surface area contributed by atoms with Crippen LogP contribution in [0.1, 0.15) is 6.92 Å². The van der Waals surface area contributed by atoms with Gasteiger partial charge in [0.25, 0.3) is 0 Å². The summed E-state index contributed by atoms with van der Waals surface area (Å²) in [6, 6.07) is -0.436. The highest BCUT2D eigenvalue weighted by atomic mass is 16.6. The Kier molecular flexibility index (Phi) is 2.25. The lowest BCUT2D eigenvalue weighted by Gasteiger charge is -2.23. The molecule has 0 aromatic heterocycles. The SMILES string of the molecule is B[C@@H]1O[C@H](CO)C(O)[C@@]1(C)O. The van der Waals surface area contributed by atoms with E-state index in [1.54, 1.807) is 7.85 Å². The molecule has 0 saturated carbocycles. The monoisotopic (exact) mass is 160 g/mol. The van der Waals surface area contributed by atoms with E-state index in [1.807, 2.05) is 0 Å². The van der Waals surface area contributed by atoms with Gasteiger partial charge in [0.2, 0.25) is 0 Å². The fraction of sp³-hybridized carbons (Fsp3) is 1.00. The first-order chi connectivity index (χ1) is 5.00. The number of rotatable bonds is 1. The molecule has 0 aromatic rings. The van der Waals surface area contributed by atoms with Crippen LogP contribution in [-0.4, -0.2) is 53.6 Å². The van der Waals surface area contributed by atoms with Crippen LogP contribution in [0.2, 0.25) is 0 Å². The number of aliphatic hydroxyl groups is 3. The molecule has 0 radical (unpaired) electrons. The largest absolute Gasteiger partial charge is 0.394 e. The molecule has 4 atom stereocenters. The fourth-order valence-electron chi connectivity index (χ4n) is 1.23. The smallest absolute Gasteiger partial charge is 0.143 e. The van der Waals surface area contributed by atoms with Crippen LogP contribution in [-0.2, 0) is 4.74 Å². The molecule has 1 saturated heterocycles. The Bertz CT molecular complexity index is 150. The summed E-state index contributed by atoms with van der Waals surface area (Å²) in [6.07, 6.45) is -1.65. The van der Waals surface area contributed by atoms with Crippen molar-refractivity contribution in [3.8, 4) is 0 Å². The Hall–Kier alpha value is -0.0951. The first-order valence-corrected chi connectivity index (χ1v) is 3.67. The topological polar surface area (TPSA) is 69.9 Å². The first kappa shape index (κ1) is 9.00. The van der Waals surface area contributed by atoms with Crippen molar-refractivity contribution in [1.29, 1.82) is 0 Å². The van der Waals surface area contributed by atoms with Crippen LogP contribution < -0.4 is 0 Å². The lowest BCUT2D eigenvalue weighted by molar-refractivity contribution is -0.0467. The molecule has 4 nitrogen and oxygen atoms in total. The average molecular weight is 160 g/mol. The summed E-state index contributed by atoms with van der Waals surface area (Å²) in [4.78, 5) is 0. The van der Waals surface area contributed by atoms with Crippen LogP contribution >= 0.6 is 0 Å². The van der Waals surface area contributed by atoms with E-state index in [1.165, 1.54) is 6.92 Å². The van der Waals surface area contributed by atoms with Crippen molar-refractivity contribution in [2.45, 2.75) is 30.7 Å². The second kappa shape index (κ2) is 2.75. The predicted molar refractivity (Wildman–Crippen MR) is 40.9 cm³/mol. The first-order valence-electron chi connectivity index (χ1n) is 3.67. The van der Waals surface area contributed by atoms with Gasteiger partial charge >= 0.3 is 0 Å². The van der Waals surface area contributed by atoms with Crippen LogP contribution in [0.5, 0.6) is 0 Å². The molecule has 1 fully saturated rings. The van der Waals surface area contributed by atoms with Gasteiger partial charge in [0.05, 0.1) is 12.6 Å². The molecule has 64 valence electrons. The van der Waals surface area contributed by atoms with Crippen molar-refractivity contribution in [3.05, 3.63) is 0 Å². The van der Waals surface area contributed by atoms with Crippen molar-refractivity contribution in [2.75, 3.05) is 6.61 Å². The molecule has 5 heteroatoms. The Morgan fingerprint density at radius 1 is 1.64 bits per heavy atom. The molecule has 0 aromatic carbocycles. The number of ether oxygens (including phenoxy) is 1. The van der Waals surface area contributed by atoms with E-state index in [-0.39, 0.29) is 6.61 Å². The molecule has 1 rings (SSSR count). The van der Waals surface area contributed by atoms with Crippen molar-refractivity contribution in [3.63, 3.8) is 0 Å². The zero-order valence-electron chi connectivity index (χ0n) is 6.69. The maximum absolute atomic E-state index is 9.55. The Balaban J connectivity index is 2.71. The van der Waals surface area contributed by atoms with Gasteiger partial charge in [-0.3, -0.25) is 0 Å². The number of hydrogen-bond acceptors (Lipinski definition) is 4. The third-order valence-electron chi connectivity index (χ3n) is 2.33. The van der Waals surface area contributed by atoms with Gasteiger partial charge in [-0.25, -0.2) is 0 Å². The van der Waals surface area contributed by atoms with Gasteiger partial charge in [0.15, 0.2) is 0 Å². The van der Waals surface area contributed by atoms with E-state index in [0.29, 0.717) is 0 Å². The molecular weight excluding hydrogens is 147 g/mol. The average Bonchev–Trinajstić information content (AvgIpc) is 2.14. The molecule has 1 aliphatic rings. The molecule has 0 amide bonds. The standard InChI is InChI=1S/C6H13BO4/c1-6(10)4(9)3(2-8)11-5(6)7/h3-5,8-10H,2,7H2,1H3/t3-,4?,5-,6-/m1/s1. The lowest BCUT2D eigenvalue weighted by atomic mass is 9.82. The van der Waals surface area contributed by atoms with Crippen molar-refractivity contribution >= 4 is 7.85 Å². The third-order valence-corrected chi connectivity index (χ3v) is 2.33. The molecule has 0 bridgehead atoms. The zero-order valence-corrected chi connectivity index (χ0v) is 6.69. The van der Waals surface area contributed by atoms with E-state index in [0.717, 1.165) is 0 Å².